The van der Waals surface area contributed by atoms with Gasteiger partial charge in [0.2, 0.25) is 5.91 Å². The lowest BCUT2D eigenvalue weighted by atomic mass is 10.1. The number of hydroxylamine groups is 2. The number of carbonyl (C=O) groups is 4. The minimum absolute atomic E-state index is 0.163. The fourth-order valence-corrected chi connectivity index (χ4v) is 2.47. The molecule has 1 fully saturated rings. The Hall–Kier alpha value is -2.70. The van der Waals surface area contributed by atoms with Gasteiger partial charge in [-0.1, -0.05) is 17.2 Å². The SMILES string of the molecule is CN(C)C(=O)[C@H]1C[C@H]1C(=O)ON1C(=O)c2ccccc2C1=O. The topological polar surface area (TPSA) is 84.0 Å². The summed E-state index contributed by atoms with van der Waals surface area (Å²) in [6, 6.07) is 6.25. The Balaban J connectivity index is 1.69. The van der Waals surface area contributed by atoms with E-state index in [0.717, 1.165) is 0 Å². The molecule has 1 aliphatic heterocycles. The zero-order chi connectivity index (χ0) is 16.0. The predicted molar refractivity (Wildman–Crippen MR) is 73.3 cm³/mol. The molecule has 0 bridgehead atoms. The molecule has 22 heavy (non-hydrogen) atoms. The molecule has 0 radical (unpaired) electrons. The van der Waals surface area contributed by atoms with E-state index in [-0.39, 0.29) is 17.0 Å². The number of amides is 3. The molecule has 7 heteroatoms. The maximum Gasteiger partial charge on any atom is 0.337 e. The molecule has 3 amide bonds. The Morgan fingerprint density at radius 2 is 1.64 bits per heavy atom. The molecule has 114 valence electrons. The normalized spacial score (nSPS) is 22.4. The van der Waals surface area contributed by atoms with Crippen LogP contribution < -0.4 is 0 Å². The Labute approximate surface area is 126 Å². The third kappa shape index (κ3) is 2.14. The van der Waals surface area contributed by atoms with Gasteiger partial charge in [-0.05, 0) is 18.6 Å². The van der Waals surface area contributed by atoms with E-state index >= 15 is 0 Å². The molecule has 1 heterocycles. The second kappa shape index (κ2) is 4.94. The van der Waals surface area contributed by atoms with Crippen molar-refractivity contribution in [3.63, 3.8) is 0 Å². The number of nitrogens with zero attached hydrogens (tertiary/aromatic N) is 2. The third-order valence-corrected chi connectivity index (χ3v) is 3.79. The molecular weight excluding hydrogens is 288 g/mol. The monoisotopic (exact) mass is 302 g/mol. The van der Waals surface area contributed by atoms with E-state index in [2.05, 4.69) is 0 Å². The number of rotatable bonds is 3. The first-order chi connectivity index (χ1) is 10.4. The first kappa shape index (κ1) is 14.2. The predicted octanol–water partition coefficient (Wildman–Crippen LogP) is 0.465. The fraction of sp³-hybridized carbons (Fsp3) is 0.333. The Morgan fingerprint density at radius 1 is 1.09 bits per heavy atom. The van der Waals surface area contributed by atoms with Crippen LogP contribution in [0.5, 0.6) is 0 Å². The van der Waals surface area contributed by atoms with Gasteiger partial charge < -0.3 is 9.74 Å². The molecule has 2 aliphatic rings. The number of imide groups is 1. The van der Waals surface area contributed by atoms with Crippen LogP contribution >= 0.6 is 0 Å². The first-order valence-corrected chi connectivity index (χ1v) is 6.82. The summed E-state index contributed by atoms with van der Waals surface area (Å²) in [5, 5.41) is 0.475. The molecular formula is C15H14N2O5. The minimum Gasteiger partial charge on any atom is -0.349 e. The molecule has 0 unspecified atom stereocenters. The maximum atomic E-state index is 12.1. The number of hydrogen-bond donors (Lipinski definition) is 0. The van der Waals surface area contributed by atoms with E-state index in [0.29, 0.717) is 11.5 Å². The van der Waals surface area contributed by atoms with Crippen molar-refractivity contribution in [2.45, 2.75) is 6.42 Å². The average Bonchev–Trinajstić information content (AvgIpc) is 3.26. The van der Waals surface area contributed by atoms with Gasteiger partial charge in [0.25, 0.3) is 11.8 Å². The molecule has 1 aromatic carbocycles. The quantitative estimate of drug-likeness (QED) is 0.758. The van der Waals surface area contributed by atoms with Crippen LogP contribution in [0.3, 0.4) is 0 Å². The van der Waals surface area contributed by atoms with Gasteiger partial charge in [0.15, 0.2) is 0 Å². The Bertz CT molecular complexity index is 662. The summed E-state index contributed by atoms with van der Waals surface area (Å²) >= 11 is 0. The highest BCUT2D eigenvalue weighted by Crippen LogP contribution is 2.41. The summed E-state index contributed by atoms with van der Waals surface area (Å²) in [5.74, 6) is -3.24. The van der Waals surface area contributed by atoms with Crippen molar-refractivity contribution in [3.05, 3.63) is 35.4 Å². The average molecular weight is 302 g/mol. The lowest BCUT2D eigenvalue weighted by Crippen LogP contribution is -2.34. The van der Waals surface area contributed by atoms with Crippen molar-refractivity contribution in [3.8, 4) is 0 Å². The number of fused-ring (bicyclic) bond motifs is 1. The van der Waals surface area contributed by atoms with Crippen LogP contribution in [-0.2, 0) is 14.4 Å². The van der Waals surface area contributed by atoms with E-state index in [1.165, 1.54) is 17.0 Å². The number of hydrogen-bond acceptors (Lipinski definition) is 5. The smallest absolute Gasteiger partial charge is 0.337 e. The van der Waals surface area contributed by atoms with Gasteiger partial charge in [0.05, 0.1) is 23.0 Å². The first-order valence-electron chi connectivity index (χ1n) is 6.82. The van der Waals surface area contributed by atoms with Crippen LogP contribution in [0.2, 0.25) is 0 Å². The largest absolute Gasteiger partial charge is 0.349 e. The summed E-state index contributed by atoms with van der Waals surface area (Å²) < 4.78 is 0. The van der Waals surface area contributed by atoms with Gasteiger partial charge in [-0.15, -0.1) is 0 Å². The third-order valence-electron chi connectivity index (χ3n) is 3.79. The van der Waals surface area contributed by atoms with Crippen LogP contribution in [0.25, 0.3) is 0 Å². The summed E-state index contributed by atoms with van der Waals surface area (Å²) in [7, 11) is 3.21. The van der Waals surface area contributed by atoms with Crippen LogP contribution in [0.4, 0.5) is 0 Å². The van der Waals surface area contributed by atoms with E-state index in [1.807, 2.05) is 0 Å². The highest BCUT2D eigenvalue weighted by Gasteiger charge is 2.52. The molecule has 1 saturated carbocycles. The van der Waals surface area contributed by atoms with Crippen LogP contribution in [0.1, 0.15) is 27.1 Å². The van der Waals surface area contributed by atoms with E-state index in [1.54, 1.807) is 26.2 Å². The molecule has 0 spiro atoms. The molecule has 3 rings (SSSR count). The summed E-state index contributed by atoms with van der Waals surface area (Å²) in [6.07, 6.45) is 0.374. The van der Waals surface area contributed by atoms with Gasteiger partial charge in [-0.3, -0.25) is 14.4 Å². The van der Waals surface area contributed by atoms with Crippen LogP contribution in [0, 0.1) is 11.8 Å². The highest BCUT2D eigenvalue weighted by atomic mass is 16.7. The minimum atomic E-state index is -0.727. The van der Waals surface area contributed by atoms with Crippen molar-refractivity contribution in [1.29, 1.82) is 0 Å². The van der Waals surface area contributed by atoms with Gasteiger partial charge >= 0.3 is 5.97 Å². The number of carbonyl (C=O) groups excluding carboxylic acids is 4. The van der Waals surface area contributed by atoms with Gasteiger partial charge in [-0.25, -0.2) is 4.79 Å². The zero-order valence-electron chi connectivity index (χ0n) is 12.1. The molecule has 7 nitrogen and oxygen atoms in total. The van der Waals surface area contributed by atoms with Crippen molar-refractivity contribution in [1.82, 2.24) is 9.96 Å². The second-order valence-corrected chi connectivity index (χ2v) is 5.54. The van der Waals surface area contributed by atoms with Crippen molar-refractivity contribution < 1.29 is 24.0 Å². The molecule has 0 saturated heterocycles. The second-order valence-electron chi connectivity index (χ2n) is 5.54. The molecule has 1 aromatic rings. The van der Waals surface area contributed by atoms with E-state index < -0.39 is 29.6 Å². The Morgan fingerprint density at radius 3 is 2.14 bits per heavy atom. The van der Waals surface area contributed by atoms with E-state index in [4.69, 9.17) is 4.84 Å². The lowest BCUT2D eigenvalue weighted by molar-refractivity contribution is -0.171. The number of benzene rings is 1. The zero-order valence-corrected chi connectivity index (χ0v) is 12.1. The summed E-state index contributed by atoms with van der Waals surface area (Å²) in [6.45, 7) is 0. The molecule has 2 atom stereocenters. The molecule has 1 aliphatic carbocycles. The fourth-order valence-electron chi connectivity index (χ4n) is 2.47. The summed E-state index contributed by atoms with van der Waals surface area (Å²) in [5.41, 5.74) is 0.411. The van der Waals surface area contributed by atoms with Crippen LogP contribution in [0.15, 0.2) is 24.3 Å². The lowest BCUT2D eigenvalue weighted by Gasteiger charge is -2.13. The Kier molecular flexibility index (Phi) is 3.20. The van der Waals surface area contributed by atoms with Gasteiger partial charge in [0, 0.05) is 14.1 Å². The van der Waals surface area contributed by atoms with Crippen LogP contribution in [-0.4, -0.2) is 47.7 Å². The van der Waals surface area contributed by atoms with Gasteiger partial charge in [0.1, 0.15) is 0 Å². The highest BCUT2D eigenvalue weighted by molar-refractivity contribution is 6.20. The molecule has 0 N–H and O–H groups in total. The van der Waals surface area contributed by atoms with Crippen molar-refractivity contribution in [2.24, 2.45) is 11.8 Å². The summed E-state index contributed by atoms with van der Waals surface area (Å²) in [4.78, 5) is 54.2. The van der Waals surface area contributed by atoms with Crippen molar-refractivity contribution in [2.75, 3.05) is 14.1 Å². The van der Waals surface area contributed by atoms with E-state index in [9.17, 15) is 19.2 Å². The van der Waals surface area contributed by atoms with Crippen molar-refractivity contribution >= 4 is 23.7 Å². The maximum absolute atomic E-state index is 12.1. The standard InChI is InChI=1S/C15H14N2O5/c1-16(2)12(18)10-7-11(10)15(21)22-17-13(19)8-5-3-4-6-9(8)14(17)20/h3-6,10-11H,7H2,1-2H3/t10-,11+/m0/s1. The van der Waals surface area contributed by atoms with Gasteiger partial charge in [-0.2, -0.15) is 0 Å². The molecule has 0 aromatic heterocycles.